The maximum atomic E-state index is 11.3. The lowest BCUT2D eigenvalue weighted by atomic mass is 10.2. The van der Waals surface area contributed by atoms with Gasteiger partial charge in [0, 0.05) is 12.4 Å². The molecule has 0 spiro atoms. The highest BCUT2D eigenvalue weighted by Gasteiger charge is 2.25. The molecule has 0 aromatic heterocycles. The number of hydrogen-bond donors (Lipinski definition) is 5. The van der Waals surface area contributed by atoms with E-state index in [-0.39, 0.29) is 12.4 Å². The Morgan fingerprint density at radius 3 is 2.32 bits per heavy atom. The van der Waals surface area contributed by atoms with E-state index in [1.165, 1.54) is 11.8 Å². The van der Waals surface area contributed by atoms with E-state index in [4.69, 9.17) is 15.3 Å². The van der Waals surface area contributed by atoms with E-state index in [1.54, 1.807) is 0 Å². The third-order valence-electron chi connectivity index (χ3n) is 2.02. The number of thioether (sulfide) groups is 1. The van der Waals surface area contributed by atoms with Crippen LogP contribution in [-0.4, -0.2) is 68.5 Å². The van der Waals surface area contributed by atoms with Crippen LogP contribution in [0.1, 0.15) is 12.8 Å². The Balaban J connectivity index is 4.22. The molecule has 19 heavy (non-hydrogen) atoms. The van der Waals surface area contributed by atoms with Crippen LogP contribution in [0, 0.1) is 0 Å². The molecule has 2 atom stereocenters. The minimum absolute atomic E-state index is 0.00553. The van der Waals surface area contributed by atoms with E-state index in [0.717, 1.165) is 0 Å². The smallest absolute Gasteiger partial charge is 0.327 e. The van der Waals surface area contributed by atoms with E-state index in [1.807, 2.05) is 0 Å². The molecule has 0 aromatic rings. The fraction of sp³-hybridized carbons (Fsp3) is 0.700. The molecule has 0 aliphatic carbocycles. The van der Waals surface area contributed by atoms with Gasteiger partial charge in [0.15, 0.2) is 0 Å². The third kappa shape index (κ3) is 8.41. The van der Waals surface area contributed by atoms with Crippen molar-refractivity contribution in [1.82, 2.24) is 5.32 Å². The van der Waals surface area contributed by atoms with E-state index >= 15 is 0 Å². The van der Waals surface area contributed by atoms with Crippen molar-refractivity contribution in [2.24, 2.45) is 0 Å². The second kappa shape index (κ2) is 9.59. The molecular weight excluding hydrogens is 278 g/mol. The number of rotatable bonds is 10. The normalized spacial score (nSPS) is 13.6. The predicted octanol–water partition coefficient (Wildman–Crippen LogP) is -1.49. The molecule has 8 nitrogen and oxygen atoms in total. The number of hydrogen-bond acceptors (Lipinski definition) is 6. The topological polar surface area (TPSA) is 144 Å². The molecule has 0 radical (unpaired) electrons. The first-order chi connectivity index (χ1) is 8.88. The van der Waals surface area contributed by atoms with Crippen LogP contribution in [0.4, 0.5) is 0 Å². The summed E-state index contributed by atoms with van der Waals surface area (Å²) in [6, 6.07) is -1.21. The SMILES string of the molecule is O=C(O)C[C@@H](O)C(=O)N[C@@H](CSCCCO)C(=O)O. The molecule has 1 amide bonds. The van der Waals surface area contributed by atoms with Gasteiger partial charge in [-0.1, -0.05) is 0 Å². The Kier molecular flexibility index (Phi) is 8.92. The number of aliphatic hydroxyl groups excluding tert-OH is 2. The molecule has 0 aromatic carbocycles. The van der Waals surface area contributed by atoms with Crippen LogP contribution in [0.25, 0.3) is 0 Å². The first-order valence-electron chi connectivity index (χ1n) is 5.50. The van der Waals surface area contributed by atoms with Gasteiger partial charge in [0.2, 0.25) is 5.91 Å². The van der Waals surface area contributed by atoms with Crippen LogP contribution in [0.3, 0.4) is 0 Å². The highest BCUT2D eigenvalue weighted by molar-refractivity contribution is 7.99. The first-order valence-corrected chi connectivity index (χ1v) is 6.65. The fourth-order valence-electron chi connectivity index (χ4n) is 1.07. The summed E-state index contributed by atoms with van der Waals surface area (Å²) in [5.41, 5.74) is 0. The quantitative estimate of drug-likeness (QED) is 0.306. The summed E-state index contributed by atoms with van der Waals surface area (Å²) in [6.07, 6.45) is -2.05. The van der Waals surface area contributed by atoms with Crippen molar-refractivity contribution in [2.75, 3.05) is 18.1 Å². The molecule has 0 saturated carbocycles. The Hall–Kier alpha value is -1.32. The Bertz CT molecular complexity index is 323. The summed E-state index contributed by atoms with van der Waals surface area (Å²) in [6.45, 7) is -0.00553. The Morgan fingerprint density at radius 1 is 1.21 bits per heavy atom. The Morgan fingerprint density at radius 2 is 1.84 bits per heavy atom. The standard InChI is InChI=1S/C10H17NO7S/c12-2-1-3-19-5-6(10(17)18)11-9(16)7(13)4-8(14)15/h6-7,12-13H,1-5H2,(H,11,16)(H,14,15)(H,17,18)/t6-,7+/m0/s1. The van der Waals surface area contributed by atoms with Gasteiger partial charge >= 0.3 is 11.9 Å². The molecule has 0 heterocycles. The summed E-state index contributed by atoms with van der Waals surface area (Å²) in [5, 5.41) is 37.1. The van der Waals surface area contributed by atoms with Crippen LogP contribution in [-0.2, 0) is 14.4 Å². The molecule has 5 N–H and O–H groups in total. The Labute approximate surface area is 113 Å². The molecule has 9 heteroatoms. The number of carboxylic acids is 2. The van der Waals surface area contributed by atoms with Gasteiger partial charge in [-0.05, 0) is 12.2 Å². The molecule has 110 valence electrons. The zero-order chi connectivity index (χ0) is 14.8. The summed E-state index contributed by atoms with van der Waals surface area (Å²) < 4.78 is 0. The van der Waals surface area contributed by atoms with E-state index in [0.29, 0.717) is 12.2 Å². The van der Waals surface area contributed by atoms with Crippen molar-refractivity contribution in [3.8, 4) is 0 Å². The van der Waals surface area contributed by atoms with Gasteiger partial charge in [-0.25, -0.2) is 4.79 Å². The van der Waals surface area contributed by atoms with Crippen LogP contribution in [0.5, 0.6) is 0 Å². The zero-order valence-electron chi connectivity index (χ0n) is 10.1. The van der Waals surface area contributed by atoms with Crippen LogP contribution < -0.4 is 5.32 Å². The minimum Gasteiger partial charge on any atom is -0.481 e. The highest BCUT2D eigenvalue weighted by Crippen LogP contribution is 2.06. The molecule has 0 rings (SSSR count). The van der Waals surface area contributed by atoms with Gasteiger partial charge in [-0.15, -0.1) is 0 Å². The second-order valence-corrected chi connectivity index (χ2v) is 4.81. The summed E-state index contributed by atoms with van der Waals surface area (Å²) in [4.78, 5) is 32.5. The van der Waals surface area contributed by atoms with Gasteiger partial charge in [-0.3, -0.25) is 9.59 Å². The number of carbonyl (C=O) groups is 3. The van der Waals surface area contributed by atoms with Crippen molar-refractivity contribution in [3.05, 3.63) is 0 Å². The molecule has 0 aliphatic rings. The van der Waals surface area contributed by atoms with Crippen LogP contribution in [0.2, 0.25) is 0 Å². The average Bonchev–Trinajstić information content (AvgIpc) is 2.31. The van der Waals surface area contributed by atoms with Gasteiger partial charge in [0.1, 0.15) is 12.1 Å². The molecule has 0 unspecified atom stereocenters. The molecular formula is C10H17NO7S. The van der Waals surface area contributed by atoms with Crippen molar-refractivity contribution >= 4 is 29.6 Å². The lowest BCUT2D eigenvalue weighted by molar-refractivity contribution is -0.146. The van der Waals surface area contributed by atoms with Crippen molar-refractivity contribution < 1.29 is 34.8 Å². The summed E-state index contributed by atoms with van der Waals surface area (Å²) in [5.74, 6) is -3.05. The summed E-state index contributed by atoms with van der Waals surface area (Å²) in [7, 11) is 0. The van der Waals surface area contributed by atoms with E-state index < -0.39 is 36.4 Å². The number of carbonyl (C=O) groups excluding carboxylic acids is 1. The fourth-order valence-corrected chi connectivity index (χ4v) is 2.03. The third-order valence-corrected chi connectivity index (χ3v) is 3.16. The monoisotopic (exact) mass is 295 g/mol. The number of carboxylic acid groups (broad SMARTS) is 2. The lowest BCUT2D eigenvalue weighted by Crippen LogP contribution is -2.47. The average molecular weight is 295 g/mol. The number of aliphatic hydroxyl groups is 2. The van der Waals surface area contributed by atoms with Gasteiger partial charge in [0.05, 0.1) is 6.42 Å². The molecule has 0 saturated heterocycles. The number of amides is 1. The van der Waals surface area contributed by atoms with Crippen molar-refractivity contribution in [1.29, 1.82) is 0 Å². The minimum atomic E-state index is -1.78. The second-order valence-electron chi connectivity index (χ2n) is 3.67. The zero-order valence-corrected chi connectivity index (χ0v) is 10.9. The van der Waals surface area contributed by atoms with Crippen LogP contribution in [0.15, 0.2) is 0 Å². The maximum absolute atomic E-state index is 11.3. The van der Waals surface area contributed by atoms with Crippen molar-refractivity contribution in [3.63, 3.8) is 0 Å². The van der Waals surface area contributed by atoms with Crippen LogP contribution >= 0.6 is 11.8 Å². The molecule has 0 aliphatic heterocycles. The van der Waals surface area contributed by atoms with Gasteiger partial charge in [-0.2, -0.15) is 11.8 Å². The van der Waals surface area contributed by atoms with Gasteiger partial charge in [0.25, 0.3) is 0 Å². The van der Waals surface area contributed by atoms with E-state index in [9.17, 15) is 19.5 Å². The molecule has 0 fully saturated rings. The highest BCUT2D eigenvalue weighted by atomic mass is 32.2. The largest absolute Gasteiger partial charge is 0.481 e. The molecule has 0 bridgehead atoms. The lowest BCUT2D eigenvalue weighted by Gasteiger charge is -2.16. The van der Waals surface area contributed by atoms with Crippen molar-refractivity contribution in [2.45, 2.75) is 25.0 Å². The number of aliphatic carboxylic acids is 2. The number of nitrogens with one attached hydrogen (secondary N) is 1. The maximum Gasteiger partial charge on any atom is 0.327 e. The summed E-state index contributed by atoms with van der Waals surface area (Å²) >= 11 is 1.23. The first kappa shape index (κ1) is 17.7. The predicted molar refractivity (Wildman–Crippen MR) is 66.9 cm³/mol. The van der Waals surface area contributed by atoms with E-state index in [2.05, 4.69) is 5.32 Å². The van der Waals surface area contributed by atoms with Gasteiger partial charge < -0.3 is 25.7 Å².